The van der Waals surface area contributed by atoms with Crippen LogP contribution in [0.3, 0.4) is 0 Å². The number of aryl methyl sites for hydroxylation is 2. The molecule has 0 bridgehead atoms. The van der Waals surface area contributed by atoms with E-state index in [-0.39, 0.29) is 58.7 Å². The average molecular weight is 1100 g/mol. The number of pyridine rings is 1. The van der Waals surface area contributed by atoms with E-state index in [1.54, 1.807) is 28.8 Å². The standard InChI is InChI=1S/C34H33F2N5O2.C27H38FN5O4/c1-2-23-25(35)11-9-21-7-3-8-24(27(21)23)30-29(36)31-28-26(37-30)12-10-22-19-42-18-6-17-41(22)32(28)39-33(38-31)43-20-34-13-4-15-40(34)16-5-14-34;1-29-25(35)22(5-4-16-34)24-21-7-6-20(17-23(21)31(2)30-24)32-14-10-27(28,11-15-32)18-19-8-12-33(13-9-19)26(36)37-3/h1,3,7-9,11,22H,4-6,10,12-20H2;6-7,16-17,19,22H,4-5,8-15,18H2,1-3H3,(H,29,35). The monoisotopic (exact) mass is 1100 g/mol. The van der Waals surface area contributed by atoms with E-state index in [0.717, 1.165) is 93.9 Å². The molecule has 6 aliphatic rings. The van der Waals surface area contributed by atoms with E-state index < -0.39 is 23.2 Å². The van der Waals surface area contributed by atoms with Gasteiger partial charge in [-0.05, 0) is 132 Å². The van der Waals surface area contributed by atoms with Crippen LogP contribution in [-0.2, 0) is 32.5 Å². The second kappa shape index (κ2) is 23.2. The van der Waals surface area contributed by atoms with E-state index >= 15 is 8.78 Å². The number of methoxy groups -OCH3 is 1. The number of carbonyl (C=O) groups excluding carboxylic acids is 3. The number of rotatable bonds is 12. The molecule has 0 spiro atoms. The zero-order chi connectivity index (χ0) is 55.7. The molecule has 12 rings (SSSR count). The number of anilines is 2. The minimum Gasteiger partial charge on any atom is -0.461 e. The van der Waals surface area contributed by atoms with Gasteiger partial charge < -0.3 is 39.0 Å². The number of piperidine rings is 2. The number of alkyl halides is 1. The minimum atomic E-state index is -1.18. The summed E-state index contributed by atoms with van der Waals surface area (Å²) in [5, 5.41) is 10.0. The summed E-state index contributed by atoms with van der Waals surface area (Å²) in [5.41, 5.74) is 2.94. The average Bonchev–Trinajstić information content (AvgIpc) is 4.15. The lowest BCUT2D eigenvalue weighted by atomic mass is 9.80. The van der Waals surface area contributed by atoms with Crippen molar-refractivity contribution in [3.63, 3.8) is 0 Å². The van der Waals surface area contributed by atoms with Crippen LogP contribution in [0.25, 0.3) is 43.8 Å². The van der Waals surface area contributed by atoms with Gasteiger partial charge in [-0.15, -0.1) is 6.42 Å². The smallest absolute Gasteiger partial charge is 0.409 e. The number of aldehydes is 1. The molecule has 0 radical (unpaired) electrons. The van der Waals surface area contributed by atoms with Gasteiger partial charge in [0.05, 0.1) is 59.1 Å². The first-order valence-corrected chi connectivity index (χ1v) is 28.5. The third kappa shape index (κ3) is 10.6. The van der Waals surface area contributed by atoms with Gasteiger partial charge in [0.2, 0.25) is 5.91 Å². The van der Waals surface area contributed by atoms with Gasteiger partial charge in [-0.25, -0.2) is 22.9 Å². The number of carbonyl (C=O) groups is 3. The molecule has 0 saturated carbocycles. The zero-order valence-corrected chi connectivity index (χ0v) is 46.1. The van der Waals surface area contributed by atoms with Crippen LogP contribution in [0, 0.1) is 29.9 Å². The Labute approximate surface area is 464 Å². The van der Waals surface area contributed by atoms with Crippen LogP contribution < -0.4 is 19.9 Å². The number of amides is 2. The molecule has 0 aliphatic carbocycles. The second-order valence-electron chi connectivity index (χ2n) is 22.6. The Kier molecular flexibility index (Phi) is 15.9. The number of ether oxygens (including phenoxy) is 3. The summed E-state index contributed by atoms with van der Waals surface area (Å²) in [6.45, 7) is 7.15. The summed E-state index contributed by atoms with van der Waals surface area (Å²) in [5.74, 6) is 1.66. The summed E-state index contributed by atoms with van der Waals surface area (Å²) in [6, 6.07) is 14.7. The third-order valence-electron chi connectivity index (χ3n) is 18.0. The second-order valence-corrected chi connectivity index (χ2v) is 22.6. The first-order valence-electron chi connectivity index (χ1n) is 28.5. The SMILES string of the molecule is C#Cc1c(F)ccc2cccc(-c3nc4c5c(nc(OCC67CCCN6CCC7)nc5c3F)N3CCCOCC3CC4)c12.CNC(=O)C(CCC=O)c1nn(C)c2cc(N3CCC(F)(CC4CCN(C(=O)OC)CC4)CC3)ccc12. The van der Waals surface area contributed by atoms with Crippen molar-refractivity contribution in [2.75, 3.05) is 89.6 Å². The van der Waals surface area contributed by atoms with Crippen LogP contribution >= 0.6 is 0 Å². The highest BCUT2D eigenvalue weighted by molar-refractivity contribution is 6.03. The Morgan fingerprint density at radius 1 is 0.950 bits per heavy atom. The van der Waals surface area contributed by atoms with Gasteiger partial charge in [0, 0.05) is 81.9 Å². The first-order chi connectivity index (χ1) is 38.8. The van der Waals surface area contributed by atoms with Crippen LogP contribution in [0.5, 0.6) is 6.01 Å². The van der Waals surface area contributed by atoms with Crippen molar-refractivity contribution in [1.29, 1.82) is 0 Å². The fourth-order valence-electron chi connectivity index (χ4n) is 13.7. The van der Waals surface area contributed by atoms with Crippen molar-refractivity contribution >= 4 is 62.4 Å². The van der Waals surface area contributed by atoms with Crippen LogP contribution in [0.4, 0.5) is 29.5 Å². The molecule has 16 nitrogen and oxygen atoms in total. The molecule has 422 valence electrons. The van der Waals surface area contributed by atoms with Gasteiger partial charge >= 0.3 is 12.1 Å². The number of halogens is 3. The molecule has 3 aromatic heterocycles. The van der Waals surface area contributed by atoms with Crippen molar-refractivity contribution in [3.05, 3.63) is 77.1 Å². The molecule has 80 heavy (non-hydrogen) atoms. The van der Waals surface area contributed by atoms with Gasteiger partial charge in [0.15, 0.2) is 5.82 Å². The summed E-state index contributed by atoms with van der Waals surface area (Å²) < 4.78 is 66.5. The van der Waals surface area contributed by atoms with Crippen molar-refractivity contribution in [3.8, 4) is 29.6 Å². The fraction of sp³-hybridized carbons (Fsp3) is 0.525. The molecule has 2 amide bonds. The van der Waals surface area contributed by atoms with Gasteiger partial charge in [0.25, 0.3) is 0 Å². The molecule has 5 fully saturated rings. The highest BCUT2D eigenvalue weighted by Crippen LogP contribution is 2.44. The Hall–Kier alpha value is -7.04. The van der Waals surface area contributed by atoms with Gasteiger partial charge in [-0.1, -0.05) is 30.2 Å². The number of hydrogen-bond acceptors (Lipinski definition) is 13. The number of likely N-dealkylation sites (N-methyl/N-ethyl adjacent to an activating group) is 1. The van der Waals surface area contributed by atoms with Gasteiger partial charge in [-0.3, -0.25) is 14.4 Å². The number of likely N-dealkylation sites (tertiary alicyclic amines) is 1. The number of benzene rings is 3. The molecule has 5 saturated heterocycles. The third-order valence-corrected chi connectivity index (χ3v) is 18.0. The van der Waals surface area contributed by atoms with E-state index in [1.165, 1.54) is 13.2 Å². The number of hydrogen-bond donors (Lipinski definition) is 1. The molecule has 1 N–H and O–H groups in total. The van der Waals surface area contributed by atoms with Gasteiger partial charge in [-0.2, -0.15) is 15.1 Å². The molecule has 9 heterocycles. The lowest BCUT2D eigenvalue weighted by Crippen LogP contribution is -2.45. The van der Waals surface area contributed by atoms with Gasteiger partial charge in [0.1, 0.15) is 41.4 Å². The first kappa shape index (κ1) is 54.9. The largest absolute Gasteiger partial charge is 0.461 e. The Morgan fingerprint density at radius 2 is 1.74 bits per heavy atom. The zero-order valence-electron chi connectivity index (χ0n) is 46.1. The van der Waals surface area contributed by atoms with E-state index in [2.05, 4.69) is 37.1 Å². The quantitative estimate of drug-likeness (QED) is 0.0914. The summed E-state index contributed by atoms with van der Waals surface area (Å²) in [6.07, 6.45) is 16.8. The summed E-state index contributed by atoms with van der Waals surface area (Å²) in [7, 11) is 4.83. The van der Waals surface area contributed by atoms with E-state index in [9.17, 15) is 18.8 Å². The lowest BCUT2D eigenvalue weighted by Gasteiger charge is -2.40. The number of terminal acetylenes is 1. The molecule has 19 heteroatoms. The van der Waals surface area contributed by atoms with E-state index in [0.29, 0.717) is 117 Å². The number of nitrogens with zero attached hydrogens (tertiary/aromatic N) is 9. The fourth-order valence-corrected chi connectivity index (χ4v) is 13.7. The minimum absolute atomic E-state index is 0.00280. The predicted molar refractivity (Wildman–Crippen MR) is 301 cm³/mol. The Balaban J connectivity index is 0.000000171. The Bertz CT molecular complexity index is 3340. The maximum absolute atomic E-state index is 16.9. The number of nitrogens with one attached hydrogen (secondary N) is 1. The molecule has 6 aliphatic heterocycles. The maximum Gasteiger partial charge on any atom is 0.409 e. The highest BCUT2D eigenvalue weighted by atomic mass is 19.1. The highest BCUT2D eigenvalue weighted by Gasteiger charge is 2.45. The van der Waals surface area contributed by atoms with Crippen LogP contribution in [0.2, 0.25) is 0 Å². The number of aromatic nitrogens is 5. The topological polar surface area (TPSA) is 160 Å². The van der Waals surface area contributed by atoms with Crippen molar-refractivity contribution in [2.45, 2.75) is 113 Å². The predicted octanol–water partition coefficient (Wildman–Crippen LogP) is 9.21. The van der Waals surface area contributed by atoms with Crippen LogP contribution in [-0.4, -0.2) is 150 Å². The van der Waals surface area contributed by atoms with Crippen molar-refractivity contribution < 1.29 is 41.8 Å². The van der Waals surface area contributed by atoms with Crippen LogP contribution in [0.15, 0.2) is 48.5 Å². The molecule has 3 aromatic carbocycles. The summed E-state index contributed by atoms with van der Waals surface area (Å²) >= 11 is 0. The molecular formula is C61H71F3N10O6. The van der Waals surface area contributed by atoms with E-state index in [4.69, 9.17) is 35.6 Å². The molecule has 2 unspecified atom stereocenters. The molecule has 2 atom stereocenters. The molecular weight excluding hydrogens is 1030 g/mol. The van der Waals surface area contributed by atoms with Crippen molar-refractivity contribution in [1.82, 2.24) is 39.8 Å². The summed E-state index contributed by atoms with van der Waals surface area (Å²) in [4.78, 5) is 58.4. The number of fused-ring (bicyclic) bond motifs is 5. The van der Waals surface area contributed by atoms with Crippen LogP contribution in [0.1, 0.15) is 106 Å². The lowest BCUT2D eigenvalue weighted by molar-refractivity contribution is -0.122. The van der Waals surface area contributed by atoms with Crippen molar-refractivity contribution in [2.24, 2.45) is 13.0 Å². The van der Waals surface area contributed by atoms with E-state index in [1.807, 2.05) is 31.3 Å². The maximum atomic E-state index is 16.9. The molecule has 6 aromatic rings. The normalized spacial score (nSPS) is 20.3. The Morgan fingerprint density at radius 3 is 2.48 bits per heavy atom.